The summed E-state index contributed by atoms with van der Waals surface area (Å²) in [6.45, 7) is 7.82. The molecule has 0 atom stereocenters. The van der Waals surface area contributed by atoms with E-state index in [0.717, 1.165) is 26.1 Å². The predicted molar refractivity (Wildman–Crippen MR) is 78.6 cm³/mol. The Kier molecular flexibility index (Phi) is 6.99. The summed E-state index contributed by atoms with van der Waals surface area (Å²) < 4.78 is 0. The zero-order valence-corrected chi connectivity index (χ0v) is 12.8. The molecule has 0 saturated carbocycles. The number of likely N-dealkylation sites (tertiary alicyclic amines) is 1. The van der Waals surface area contributed by atoms with Crippen LogP contribution in [0.25, 0.3) is 0 Å². The number of carboxylic acids is 1. The van der Waals surface area contributed by atoms with Crippen LogP contribution in [-0.4, -0.2) is 48.1 Å². The molecule has 1 amide bonds. The smallest absolute Gasteiger partial charge is 0.303 e. The third-order valence-corrected chi connectivity index (χ3v) is 3.99. The zero-order chi connectivity index (χ0) is 15.0. The summed E-state index contributed by atoms with van der Waals surface area (Å²) in [5, 5.41) is 11.6. The molecule has 1 fully saturated rings. The molecule has 0 aromatic heterocycles. The molecule has 0 aromatic rings. The lowest BCUT2D eigenvalue weighted by Gasteiger charge is -2.24. The van der Waals surface area contributed by atoms with E-state index >= 15 is 0 Å². The number of nitrogens with zero attached hydrogens (tertiary/aromatic N) is 1. The molecule has 0 bridgehead atoms. The first-order valence-electron chi connectivity index (χ1n) is 7.60. The molecule has 1 aliphatic rings. The third kappa shape index (κ3) is 7.48. The standard InChI is InChI=1S/C15H28N2O3/c1-15(2,7-5-14(19)20)8-9-16-13(18)6-12-17-10-3-4-11-17/h3-12H2,1-2H3,(H,16,18)(H,19,20). The lowest BCUT2D eigenvalue weighted by molar-refractivity contribution is -0.137. The molecule has 0 spiro atoms. The van der Waals surface area contributed by atoms with Crippen molar-refractivity contribution in [1.29, 1.82) is 0 Å². The largest absolute Gasteiger partial charge is 0.481 e. The summed E-state index contributed by atoms with van der Waals surface area (Å²) >= 11 is 0. The van der Waals surface area contributed by atoms with Crippen molar-refractivity contribution in [2.45, 2.75) is 52.4 Å². The molecule has 116 valence electrons. The van der Waals surface area contributed by atoms with E-state index in [0.29, 0.717) is 19.4 Å². The van der Waals surface area contributed by atoms with Gasteiger partial charge < -0.3 is 15.3 Å². The van der Waals surface area contributed by atoms with E-state index < -0.39 is 5.97 Å². The van der Waals surface area contributed by atoms with Crippen molar-refractivity contribution in [2.24, 2.45) is 5.41 Å². The number of nitrogens with one attached hydrogen (secondary N) is 1. The van der Waals surface area contributed by atoms with Crippen LogP contribution in [0.15, 0.2) is 0 Å². The molecule has 1 heterocycles. The van der Waals surface area contributed by atoms with Gasteiger partial charge in [-0.3, -0.25) is 9.59 Å². The summed E-state index contributed by atoms with van der Waals surface area (Å²) in [7, 11) is 0. The minimum absolute atomic E-state index is 0.0410. The van der Waals surface area contributed by atoms with Crippen LogP contribution in [0.4, 0.5) is 0 Å². The van der Waals surface area contributed by atoms with Gasteiger partial charge in [-0.2, -0.15) is 0 Å². The van der Waals surface area contributed by atoms with Gasteiger partial charge >= 0.3 is 5.97 Å². The van der Waals surface area contributed by atoms with Crippen molar-refractivity contribution in [3.63, 3.8) is 0 Å². The SMILES string of the molecule is CC(C)(CCNC(=O)CCN1CCCC1)CCC(=O)O. The Morgan fingerprint density at radius 3 is 2.40 bits per heavy atom. The number of amides is 1. The number of carbonyl (C=O) groups excluding carboxylic acids is 1. The molecule has 1 saturated heterocycles. The lowest BCUT2D eigenvalue weighted by Crippen LogP contribution is -2.31. The number of aliphatic carboxylic acids is 1. The molecule has 5 nitrogen and oxygen atoms in total. The minimum atomic E-state index is -0.757. The van der Waals surface area contributed by atoms with Crippen LogP contribution in [0.5, 0.6) is 0 Å². The van der Waals surface area contributed by atoms with Crippen LogP contribution < -0.4 is 5.32 Å². The van der Waals surface area contributed by atoms with E-state index in [1.54, 1.807) is 0 Å². The van der Waals surface area contributed by atoms with Crippen LogP contribution in [0.3, 0.4) is 0 Å². The summed E-state index contributed by atoms with van der Waals surface area (Å²) in [5.74, 6) is -0.654. The zero-order valence-electron chi connectivity index (χ0n) is 12.8. The van der Waals surface area contributed by atoms with Gasteiger partial charge in [0.15, 0.2) is 0 Å². The highest BCUT2D eigenvalue weighted by Gasteiger charge is 2.19. The summed E-state index contributed by atoms with van der Waals surface area (Å²) in [6.07, 6.45) is 4.71. The average Bonchev–Trinajstić information content (AvgIpc) is 2.87. The molecule has 0 radical (unpaired) electrons. The Bertz CT molecular complexity index is 323. The molecule has 20 heavy (non-hydrogen) atoms. The van der Waals surface area contributed by atoms with Gasteiger partial charge in [0.25, 0.3) is 0 Å². The summed E-state index contributed by atoms with van der Waals surface area (Å²) in [4.78, 5) is 24.6. The van der Waals surface area contributed by atoms with Crippen molar-refractivity contribution in [1.82, 2.24) is 10.2 Å². The maximum Gasteiger partial charge on any atom is 0.303 e. The van der Waals surface area contributed by atoms with Gasteiger partial charge in [0.2, 0.25) is 5.91 Å². The van der Waals surface area contributed by atoms with Crippen molar-refractivity contribution >= 4 is 11.9 Å². The Morgan fingerprint density at radius 1 is 1.15 bits per heavy atom. The van der Waals surface area contributed by atoms with Crippen molar-refractivity contribution in [2.75, 3.05) is 26.2 Å². The van der Waals surface area contributed by atoms with Gasteiger partial charge in [-0.1, -0.05) is 13.8 Å². The topological polar surface area (TPSA) is 69.6 Å². The first kappa shape index (κ1) is 17.0. The fourth-order valence-electron chi connectivity index (χ4n) is 2.46. The fourth-order valence-corrected chi connectivity index (χ4v) is 2.46. The van der Waals surface area contributed by atoms with Gasteiger partial charge in [0.05, 0.1) is 0 Å². The molecular formula is C15H28N2O3. The molecule has 0 aliphatic carbocycles. The predicted octanol–water partition coefficient (Wildman–Crippen LogP) is 1.87. The number of hydrogen-bond donors (Lipinski definition) is 2. The van der Waals surface area contributed by atoms with E-state index in [4.69, 9.17) is 5.11 Å². The van der Waals surface area contributed by atoms with Crippen molar-refractivity contribution < 1.29 is 14.7 Å². The first-order chi connectivity index (χ1) is 9.39. The number of rotatable bonds is 9. The number of hydrogen-bond acceptors (Lipinski definition) is 3. The Balaban J connectivity index is 2.09. The second kappa shape index (κ2) is 8.25. The Hall–Kier alpha value is -1.10. The minimum Gasteiger partial charge on any atom is -0.481 e. The number of carbonyl (C=O) groups is 2. The van der Waals surface area contributed by atoms with E-state index in [-0.39, 0.29) is 17.7 Å². The van der Waals surface area contributed by atoms with Gasteiger partial charge in [-0.25, -0.2) is 0 Å². The maximum absolute atomic E-state index is 11.7. The second-order valence-corrected chi connectivity index (χ2v) is 6.46. The van der Waals surface area contributed by atoms with E-state index in [1.165, 1.54) is 12.8 Å². The highest BCUT2D eigenvalue weighted by atomic mass is 16.4. The molecule has 0 unspecified atom stereocenters. The molecule has 1 aliphatic heterocycles. The quantitative estimate of drug-likeness (QED) is 0.678. The Labute approximate surface area is 121 Å². The van der Waals surface area contributed by atoms with E-state index in [1.807, 2.05) is 13.8 Å². The number of carboxylic acid groups (broad SMARTS) is 1. The summed E-state index contributed by atoms with van der Waals surface area (Å²) in [6, 6.07) is 0. The molecule has 5 heteroatoms. The van der Waals surface area contributed by atoms with Crippen LogP contribution in [0.2, 0.25) is 0 Å². The molecule has 2 N–H and O–H groups in total. The van der Waals surface area contributed by atoms with Gasteiger partial charge in [-0.15, -0.1) is 0 Å². The molecule has 0 aromatic carbocycles. The van der Waals surface area contributed by atoms with Crippen molar-refractivity contribution in [3.8, 4) is 0 Å². The molecular weight excluding hydrogens is 256 g/mol. The summed E-state index contributed by atoms with van der Waals surface area (Å²) in [5.41, 5.74) is -0.0410. The lowest BCUT2D eigenvalue weighted by atomic mass is 9.84. The van der Waals surface area contributed by atoms with Gasteiger partial charge in [0.1, 0.15) is 0 Å². The fraction of sp³-hybridized carbons (Fsp3) is 0.867. The van der Waals surface area contributed by atoms with Crippen LogP contribution in [0.1, 0.15) is 52.4 Å². The molecule has 1 rings (SSSR count). The highest BCUT2D eigenvalue weighted by molar-refractivity contribution is 5.76. The van der Waals surface area contributed by atoms with Crippen LogP contribution in [0, 0.1) is 5.41 Å². The highest BCUT2D eigenvalue weighted by Crippen LogP contribution is 2.25. The van der Waals surface area contributed by atoms with Crippen LogP contribution in [-0.2, 0) is 9.59 Å². The normalized spacial score (nSPS) is 16.3. The maximum atomic E-state index is 11.7. The van der Waals surface area contributed by atoms with E-state index in [9.17, 15) is 9.59 Å². The van der Waals surface area contributed by atoms with Crippen molar-refractivity contribution in [3.05, 3.63) is 0 Å². The average molecular weight is 284 g/mol. The second-order valence-electron chi connectivity index (χ2n) is 6.46. The van der Waals surface area contributed by atoms with Gasteiger partial charge in [0, 0.05) is 25.9 Å². The monoisotopic (exact) mass is 284 g/mol. The Morgan fingerprint density at radius 2 is 1.80 bits per heavy atom. The first-order valence-corrected chi connectivity index (χ1v) is 7.60. The van der Waals surface area contributed by atoms with Crippen LogP contribution >= 0.6 is 0 Å². The third-order valence-electron chi connectivity index (χ3n) is 3.99. The van der Waals surface area contributed by atoms with Gasteiger partial charge in [-0.05, 0) is 44.2 Å². The van der Waals surface area contributed by atoms with E-state index in [2.05, 4.69) is 10.2 Å².